The maximum Gasteiger partial charge on any atom is 0.522 e. The number of benzene rings is 2. The first-order valence-electron chi connectivity index (χ1n) is 10.8. The van der Waals surface area contributed by atoms with Gasteiger partial charge in [-0.3, -0.25) is 9.53 Å². The zero-order valence-electron chi connectivity index (χ0n) is 18.8. The van der Waals surface area contributed by atoms with Gasteiger partial charge in [0.05, 0.1) is 31.9 Å². The van der Waals surface area contributed by atoms with E-state index in [1.165, 1.54) is 25.3 Å². The van der Waals surface area contributed by atoms with E-state index in [0.29, 0.717) is 24.1 Å². The molecule has 2 saturated heterocycles. The smallest absolute Gasteiger partial charge is 0.493 e. The standard InChI is InChI=1S/C24H23F3N2O6/c1-31-20-12-17(5-6-19(20)32-9-10-34-24(25,26)27)22(30)29-8-7-23(21(14-29)33-15-35-23)18-4-2-3-16(11-18)13-28/h2-6,11-12,21H,7-10,14-15H2,1H3/t21-,23-/m1/s1. The van der Waals surface area contributed by atoms with Gasteiger partial charge in [-0.2, -0.15) is 5.26 Å². The average molecular weight is 492 g/mol. The lowest BCUT2D eigenvalue weighted by molar-refractivity contribution is -0.325. The van der Waals surface area contributed by atoms with Crippen molar-refractivity contribution in [3.63, 3.8) is 0 Å². The van der Waals surface area contributed by atoms with Crippen molar-refractivity contribution in [1.82, 2.24) is 4.90 Å². The van der Waals surface area contributed by atoms with Crippen molar-refractivity contribution in [3.8, 4) is 17.6 Å². The number of nitrogens with zero attached hydrogens (tertiary/aromatic N) is 2. The van der Waals surface area contributed by atoms with E-state index in [1.54, 1.807) is 23.1 Å². The summed E-state index contributed by atoms with van der Waals surface area (Å²) in [5, 5.41) is 9.25. The highest BCUT2D eigenvalue weighted by molar-refractivity contribution is 5.95. The summed E-state index contributed by atoms with van der Waals surface area (Å²) in [6.07, 6.45) is -4.66. The molecule has 0 N–H and O–H groups in total. The Balaban J connectivity index is 1.44. The van der Waals surface area contributed by atoms with Gasteiger partial charge in [0.15, 0.2) is 11.5 Å². The maximum absolute atomic E-state index is 13.2. The minimum atomic E-state index is -4.73. The topological polar surface area (TPSA) is 90.3 Å². The van der Waals surface area contributed by atoms with Gasteiger partial charge in [0.2, 0.25) is 0 Å². The van der Waals surface area contributed by atoms with Crippen LogP contribution in [0.4, 0.5) is 13.2 Å². The van der Waals surface area contributed by atoms with E-state index in [-0.39, 0.29) is 37.4 Å². The number of nitriles is 1. The zero-order valence-corrected chi connectivity index (χ0v) is 18.8. The summed E-state index contributed by atoms with van der Waals surface area (Å²) in [6.45, 7) is -0.260. The van der Waals surface area contributed by atoms with E-state index in [4.69, 9.17) is 18.9 Å². The van der Waals surface area contributed by atoms with Gasteiger partial charge in [0.1, 0.15) is 25.1 Å². The largest absolute Gasteiger partial charge is 0.522 e. The number of methoxy groups -OCH3 is 1. The summed E-state index contributed by atoms with van der Waals surface area (Å²) in [6, 6.07) is 13.8. The van der Waals surface area contributed by atoms with Crippen LogP contribution in [0.2, 0.25) is 0 Å². The lowest BCUT2D eigenvalue weighted by atomic mass is 9.81. The van der Waals surface area contributed by atoms with E-state index in [9.17, 15) is 23.2 Å². The molecule has 2 aliphatic heterocycles. The first kappa shape index (κ1) is 24.8. The minimum Gasteiger partial charge on any atom is -0.493 e. The molecule has 0 unspecified atom stereocenters. The number of likely N-dealkylation sites (tertiary alicyclic amines) is 1. The lowest BCUT2D eigenvalue weighted by Crippen LogP contribution is -2.53. The highest BCUT2D eigenvalue weighted by Gasteiger charge is 2.51. The molecule has 0 radical (unpaired) electrons. The number of amides is 1. The Morgan fingerprint density at radius 1 is 1.23 bits per heavy atom. The lowest BCUT2D eigenvalue weighted by Gasteiger charge is -2.42. The van der Waals surface area contributed by atoms with Crippen LogP contribution in [0.5, 0.6) is 11.5 Å². The Hall–Kier alpha value is -3.33. The second kappa shape index (κ2) is 10.1. The molecule has 1 amide bonds. The van der Waals surface area contributed by atoms with Crippen LogP contribution < -0.4 is 9.47 Å². The predicted molar refractivity (Wildman–Crippen MR) is 115 cm³/mol. The fraction of sp³-hybridized carbons (Fsp3) is 0.417. The third-order valence-electron chi connectivity index (χ3n) is 6.03. The second-order valence-electron chi connectivity index (χ2n) is 8.01. The predicted octanol–water partition coefficient (Wildman–Crippen LogP) is 3.60. The summed E-state index contributed by atoms with van der Waals surface area (Å²) >= 11 is 0. The van der Waals surface area contributed by atoms with E-state index in [1.807, 2.05) is 6.07 Å². The molecule has 35 heavy (non-hydrogen) atoms. The summed E-state index contributed by atoms with van der Waals surface area (Å²) in [5.74, 6) is 0.144. The fourth-order valence-corrected chi connectivity index (χ4v) is 4.34. The molecule has 0 saturated carbocycles. The third kappa shape index (κ3) is 5.35. The summed E-state index contributed by atoms with van der Waals surface area (Å²) in [7, 11) is 1.37. The van der Waals surface area contributed by atoms with Crippen molar-refractivity contribution in [2.75, 3.05) is 40.2 Å². The first-order chi connectivity index (χ1) is 16.8. The van der Waals surface area contributed by atoms with E-state index in [0.717, 1.165) is 5.56 Å². The Labute approximate surface area is 199 Å². The molecule has 0 aliphatic carbocycles. The zero-order chi connectivity index (χ0) is 25.1. The molecule has 186 valence electrons. The van der Waals surface area contributed by atoms with Gasteiger partial charge in [-0.05, 0) is 35.9 Å². The molecule has 2 aromatic carbocycles. The quantitative estimate of drug-likeness (QED) is 0.546. The van der Waals surface area contributed by atoms with Crippen LogP contribution in [-0.4, -0.2) is 63.5 Å². The third-order valence-corrected chi connectivity index (χ3v) is 6.03. The van der Waals surface area contributed by atoms with Crippen molar-refractivity contribution >= 4 is 5.91 Å². The number of fused-ring (bicyclic) bond motifs is 1. The molecular formula is C24H23F3N2O6. The van der Waals surface area contributed by atoms with Crippen molar-refractivity contribution in [2.45, 2.75) is 24.5 Å². The molecule has 11 heteroatoms. The van der Waals surface area contributed by atoms with Gasteiger partial charge in [0, 0.05) is 18.5 Å². The molecule has 2 heterocycles. The van der Waals surface area contributed by atoms with Crippen molar-refractivity contribution in [3.05, 3.63) is 59.2 Å². The number of rotatable bonds is 7. The number of carbonyl (C=O) groups excluding carboxylic acids is 1. The number of ether oxygens (including phenoxy) is 5. The van der Waals surface area contributed by atoms with Crippen LogP contribution in [0, 0.1) is 11.3 Å². The summed E-state index contributed by atoms with van der Waals surface area (Å²) in [5.41, 5.74) is 0.948. The van der Waals surface area contributed by atoms with Gasteiger partial charge in [-0.1, -0.05) is 12.1 Å². The van der Waals surface area contributed by atoms with Crippen LogP contribution in [0.25, 0.3) is 0 Å². The van der Waals surface area contributed by atoms with E-state index < -0.39 is 24.7 Å². The monoisotopic (exact) mass is 492 g/mol. The first-order valence-corrected chi connectivity index (χ1v) is 10.8. The molecule has 0 bridgehead atoms. The highest BCUT2D eigenvalue weighted by atomic mass is 19.4. The number of carbonyl (C=O) groups is 1. The van der Waals surface area contributed by atoms with Crippen LogP contribution in [-0.2, 0) is 19.8 Å². The van der Waals surface area contributed by atoms with Crippen LogP contribution in [0.1, 0.15) is 27.9 Å². The van der Waals surface area contributed by atoms with Crippen LogP contribution >= 0.6 is 0 Å². The fourth-order valence-electron chi connectivity index (χ4n) is 4.34. The van der Waals surface area contributed by atoms with Gasteiger partial charge in [0.25, 0.3) is 5.91 Å². The molecule has 0 aromatic heterocycles. The molecule has 0 spiro atoms. The number of halogens is 3. The van der Waals surface area contributed by atoms with E-state index in [2.05, 4.69) is 10.8 Å². The number of hydrogen-bond acceptors (Lipinski definition) is 7. The Morgan fingerprint density at radius 3 is 2.80 bits per heavy atom. The van der Waals surface area contributed by atoms with Crippen molar-refractivity contribution < 1.29 is 41.7 Å². The molecule has 2 fully saturated rings. The Morgan fingerprint density at radius 2 is 2.06 bits per heavy atom. The SMILES string of the molecule is COc1cc(C(=O)N2CC[C@]3(c4cccc(C#N)c4)OCO[C@@H]3C2)ccc1OCCOC(F)(F)F. The minimum absolute atomic E-state index is 0.0847. The van der Waals surface area contributed by atoms with Crippen LogP contribution in [0.3, 0.4) is 0 Å². The van der Waals surface area contributed by atoms with Gasteiger partial charge >= 0.3 is 6.36 Å². The number of hydrogen-bond donors (Lipinski definition) is 0. The molecule has 4 rings (SSSR count). The van der Waals surface area contributed by atoms with Gasteiger partial charge < -0.3 is 23.8 Å². The average Bonchev–Trinajstić information content (AvgIpc) is 3.30. The summed E-state index contributed by atoms with van der Waals surface area (Å²) in [4.78, 5) is 14.9. The molecule has 8 nitrogen and oxygen atoms in total. The maximum atomic E-state index is 13.2. The van der Waals surface area contributed by atoms with Crippen molar-refractivity contribution in [2.24, 2.45) is 0 Å². The van der Waals surface area contributed by atoms with Gasteiger partial charge in [-0.15, -0.1) is 13.2 Å². The Bertz CT molecular complexity index is 1120. The van der Waals surface area contributed by atoms with Gasteiger partial charge in [-0.25, -0.2) is 0 Å². The summed E-state index contributed by atoms with van der Waals surface area (Å²) < 4.78 is 62.4. The highest BCUT2D eigenvalue weighted by Crippen LogP contribution is 2.43. The molecular weight excluding hydrogens is 469 g/mol. The number of piperidine rings is 1. The van der Waals surface area contributed by atoms with Crippen molar-refractivity contribution in [1.29, 1.82) is 5.26 Å². The molecule has 2 atom stereocenters. The second-order valence-corrected chi connectivity index (χ2v) is 8.01. The normalized spacial score (nSPS) is 21.8. The molecule has 2 aliphatic rings. The number of alkyl halides is 3. The Kier molecular flexibility index (Phi) is 7.16. The van der Waals surface area contributed by atoms with Crippen LogP contribution in [0.15, 0.2) is 42.5 Å². The van der Waals surface area contributed by atoms with E-state index >= 15 is 0 Å². The molecule has 2 aromatic rings.